The number of hydrogen-bond acceptors (Lipinski definition) is 4. The average Bonchev–Trinajstić information content (AvgIpc) is 2.34. The zero-order chi connectivity index (χ0) is 9.14. The van der Waals surface area contributed by atoms with Gasteiger partial charge in [0, 0.05) is 6.92 Å². The van der Waals surface area contributed by atoms with E-state index in [1.54, 1.807) is 6.92 Å². The Kier molecular flexibility index (Phi) is 4.57. The Morgan fingerprint density at radius 3 is 2.85 bits per heavy atom. The molecule has 0 aromatic carbocycles. The van der Waals surface area contributed by atoms with Gasteiger partial charge in [-0.1, -0.05) is 0 Å². The third kappa shape index (κ3) is 2.49. The van der Waals surface area contributed by atoms with Crippen LogP contribution in [0, 0.1) is 17.0 Å². The highest BCUT2D eigenvalue weighted by atomic mass is 79.9. The summed E-state index contributed by atoms with van der Waals surface area (Å²) in [5.74, 6) is 0.456. The molecule has 74 valence electrons. The van der Waals surface area contributed by atoms with Crippen molar-refractivity contribution in [3.63, 3.8) is 0 Å². The number of hydrogen-bond donors (Lipinski definition) is 1. The minimum atomic E-state index is -0.518. The number of aliphatic hydroxyl groups excluding tert-OH is 1. The maximum atomic E-state index is 10.4. The molecule has 1 aromatic heterocycles. The van der Waals surface area contributed by atoms with E-state index in [-0.39, 0.29) is 36.0 Å². The Morgan fingerprint density at radius 1 is 1.77 bits per heavy atom. The van der Waals surface area contributed by atoms with Crippen LogP contribution in [0.4, 0.5) is 5.82 Å². The molecule has 0 aliphatic rings. The zero-order valence-electron chi connectivity index (χ0n) is 7.01. The third-order valence-electron chi connectivity index (χ3n) is 1.54. The number of aromatic nitrogens is 2. The average molecular weight is 252 g/mol. The van der Waals surface area contributed by atoms with E-state index in [9.17, 15) is 10.1 Å². The quantitative estimate of drug-likeness (QED) is 0.633. The first-order valence-electron chi connectivity index (χ1n) is 3.44. The van der Waals surface area contributed by atoms with Crippen LogP contribution in [0.3, 0.4) is 0 Å². The van der Waals surface area contributed by atoms with Crippen LogP contribution in [0.2, 0.25) is 0 Å². The fourth-order valence-corrected chi connectivity index (χ4v) is 0.978. The van der Waals surface area contributed by atoms with Gasteiger partial charge in [0.25, 0.3) is 0 Å². The minimum absolute atomic E-state index is 0. The molecule has 0 aliphatic heterocycles. The molecule has 6 nitrogen and oxygen atoms in total. The van der Waals surface area contributed by atoms with Crippen LogP contribution in [-0.4, -0.2) is 26.2 Å². The van der Waals surface area contributed by atoms with Gasteiger partial charge < -0.3 is 15.2 Å². The lowest BCUT2D eigenvalue weighted by molar-refractivity contribution is -0.392. The lowest BCUT2D eigenvalue weighted by Gasteiger charge is -1.98. The van der Waals surface area contributed by atoms with Gasteiger partial charge in [-0.05, 0) is 4.92 Å². The van der Waals surface area contributed by atoms with Crippen molar-refractivity contribution < 1.29 is 10.0 Å². The van der Waals surface area contributed by atoms with Crippen LogP contribution in [0.1, 0.15) is 5.82 Å². The van der Waals surface area contributed by atoms with Crippen molar-refractivity contribution in [1.82, 2.24) is 9.55 Å². The van der Waals surface area contributed by atoms with Crippen LogP contribution in [0.15, 0.2) is 6.20 Å². The molecule has 13 heavy (non-hydrogen) atoms. The molecule has 7 heteroatoms. The highest BCUT2D eigenvalue weighted by molar-refractivity contribution is 8.93. The Balaban J connectivity index is 0.00000144. The normalized spacial score (nSPS) is 9.38. The Labute approximate surface area is 85.1 Å². The van der Waals surface area contributed by atoms with Crippen molar-refractivity contribution in [2.45, 2.75) is 13.5 Å². The third-order valence-corrected chi connectivity index (χ3v) is 1.54. The van der Waals surface area contributed by atoms with E-state index in [0.717, 1.165) is 0 Å². The second-order valence-corrected chi connectivity index (χ2v) is 2.30. The molecule has 0 aliphatic carbocycles. The predicted molar refractivity (Wildman–Crippen MR) is 51.0 cm³/mol. The molecule has 0 fully saturated rings. The highest BCUT2D eigenvalue weighted by Crippen LogP contribution is 2.12. The van der Waals surface area contributed by atoms with Gasteiger partial charge in [-0.15, -0.1) is 17.0 Å². The maximum absolute atomic E-state index is 10.4. The number of aliphatic hydroxyl groups is 1. The predicted octanol–water partition coefficient (Wildman–Crippen LogP) is 0.670. The second kappa shape index (κ2) is 4.93. The largest absolute Gasteiger partial charge is 0.392 e. The van der Waals surface area contributed by atoms with Gasteiger partial charge in [-0.25, -0.2) is 9.55 Å². The van der Waals surface area contributed by atoms with E-state index in [1.165, 1.54) is 10.8 Å². The summed E-state index contributed by atoms with van der Waals surface area (Å²) in [6.07, 6.45) is 1.19. The topological polar surface area (TPSA) is 81.2 Å². The lowest BCUT2D eigenvalue weighted by atomic mass is 10.6. The molecule has 1 N–H and O–H groups in total. The fraction of sp³-hybridized carbons (Fsp3) is 0.500. The summed E-state index contributed by atoms with van der Waals surface area (Å²) < 4.78 is 1.36. The van der Waals surface area contributed by atoms with Crippen molar-refractivity contribution >= 4 is 22.8 Å². The summed E-state index contributed by atoms with van der Waals surface area (Å²) in [5.41, 5.74) is 0. The molecule has 0 amide bonds. The van der Waals surface area contributed by atoms with Gasteiger partial charge >= 0.3 is 5.82 Å². The van der Waals surface area contributed by atoms with Gasteiger partial charge in [0.1, 0.15) is 12.7 Å². The molecule has 0 unspecified atom stereocenters. The number of halogens is 1. The Morgan fingerprint density at radius 2 is 2.38 bits per heavy atom. The number of imidazole rings is 1. The molecule has 0 radical (unpaired) electrons. The van der Waals surface area contributed by atoms with Gasteiger partial charge in [-0.3, -0.25) is 0 Å². The summed E-state index contributed by atoms with van der Waals surface area (Å²) >= 11 is 0. The van der Waals surface area contributed by atoms with Crippen molar-refractivity contribution in [2.24, 2.45) is 0 Å². The van der Waals surface area contributed by atoms with Crippen molar-refractivity contribution in [1.29, 1.82) is 0 Å². The van der Waals surface area contributed by atoms with Crippen LogP contribution >= 0.6 is 17.0 Å². The summed E-state index contributed by atoms with van der Waals surface area (Å²) in [4.78, 5) is 13.6. The summed E-state index contributed by atoms with van der Waals surface area (Å²) in [6, 6.07) is 0. The van der Waals surface area contributed by atoms with Gasteiger partial charge in [0.2, 0.25) is 0 Å². The Bertz CT molecular complexity index is 299. The summed E-state index contributed by atoms with van der Waals surface area (Å²) in [5, 5.41) is 19.0. The lowest BCUT2D eigenvalue weighted by Crippen LogP contribution is -2.07. The summed E-state index contributed by atoms with van der Waals surface area (Å²) in [7, 11) is 0. The van der Waals surface area contributed by atoms with Crippen molar-refractivity contribution in [2.75, 3.05) is 6.61 Å². The molecule has 0 saturated carbocycles. The first-order valence-corrected chi connectivity index (χ1v) is 3.44. The molecule has 1 aromatic rings. The summed E-state index contributed by atoms with van der Waals surface area (Å²) in [6.45, 7) is 1.74. The van der Waals surface area contributed by atoms with E-state index < -0.39 is 4.92 Å². The van der Waals surface area contributed by atoms with Crippen LogP contribution in [0.5, 0.6) is 0 Å². The van der Waals surface area contributed by atoms with Crippen LogP contribution in [0.25, 0.3) is 0 Å². The number of nitrogens with zero attached hydrogens (tertiary/aromatic N) is 3. The number of nitro groups is 1. The maximum Gasteiger partial charge on any atom is 0.342 e. The molecule has 0 atom stereocenters. The Hall–Kier alpha value is -0.950. The van der Waals surface area contributed by atoms with Gasteiger partial charge in [0.15, 0.2) is 5.82 Å². The molecule has 1 rings (SSSR count). The van der Waals surface area contributed by atoms with E-state index >= 15 is 0 Å². The van der Waals surface area contributed by atoms with Gasteiger partial charge in [-0.2, -0.15) is 0 Å². The molecule has 1 heterocycles. The second-order valence-electron chi connectivity index (χ2n) is 2.30. The first kappa shape index (κ1) is 12.0. The molecule has 0 spiro atoms. The SMILES string of the molecule is Br.Cc1ncc([N+](=O)[O-])n1CCO. The van der Waals surface area contributed by atoms with Crippen molar-refractivity contribution in [3.05, 3.63) is 22.1 Å². The van der Waals surface area contributed by atoms with E-state index in [1.807, 2.05) is 0 Å². The van der Waals surface area contributed by atoms with Crippen LogP contribution in [-0.2, 0) is 6.54 Å². The van der Waals surface area contributed by atoms with E-state index in [2.05, 4.69) is 4.98 Å². The zero-order valence-corrected chi connectivity index (χ0v) is 8.72. The van der Waals surface area contributed by atoms with Gasteiger partial charge in [0.05, 0.1) is 6.61 Å². The number of aryl methyl sites for hydroxylation is 1. The molecular weight excluding hydrogens is 242 g/mol. The number of rotatable bonds is 3. The highest BCUT2D eigenvalue weighted by Gasteiger charge is 2.15. The monoisotopic (exact) mass is 251 g/mol. The smallest absolute Gasteiger partial charge is 0.342 e. The molecular formula is C6H10BrN3O3. The fourth-order valence-electron chi connectivity index (χ4n) is 0.978. The molecule has 0 bridgehead atoms. The van der Waals surface area contributed by atoms with Crippen molar-refractivity contribution in [3.8, 4) is 0 Å². The minimum Gasteiger partial charge on any atom is -0.392 e. The van der Waals surface area contributed by atoms with E-state index in [4.69, 9.17) is 5.11 Å². The van der Waals surface area contributed by atoms with Crippen LogP contribution < -0.4 is 0 Å². The molecule has 0 saturated heterocycles. The standard InChI is InChI=1S/C6H9N3O3.BrH/c1-5-7-4-6(9(11)12)8(5)2-3-10;/h4,10H,2-3H2,1H3;1H. The van der Waals surface area contributed by atoms with E-state index in [0.29, 0.717) is 5.82 Å². The first-order chi connectivity index (χ1) is 5.66.